The van der Waals surface area contributed by atoms with Crippen molar-refractivity contribution in [2.24, 2.45) is 11.8 Å². The minimum Gasteiger partial charge on any atom is -0.481 e. The highest BCUT2D eigenvalue weighted by atomic mass is 19.1. The van der Waals surface area contributed by atoms with Gasteiger partial charge in [-0.1, -0.05) is 13.0 Å². The number of rotatable bonds is 5. The highest BCUT2D eigenvalue weighted by molar-refractivity contribution is 5.92. The Balaban J connectivity index is 1.83. The van der Waals surface area contributed by atoms with Crippen LogP contribution in [-0.2, 0) is 9.59 Å². The molecule has 7 heteroatoms. The number of hydrogen-bond donors (Lipinski definition) is 2. The van der Waals surface area contributed by atoms with E-state index in [-0.39, 0.29) is 12.5 Å². The van der Waals surface area contributed by atoms with E-state index in [0.717, 1.165) is 12.1 Å². The summed E-state index contributed by atoms with van der Waals surface area (Å²) in [5.41, 5.74) is -0.460. The highest BCUT2D eigenvalue weighted by Gasteiger charge is 2.35. The van der Waals surface area contributed by atoms with Gasteiger partial charge in [0, 0.05) is 13.1 Å². The summed E-state index contributed by atoms with van der Waals surface area (Å²) >= 11 is 0. The maximum Gasteiger partial charge on any atom is 0.306 e. The third-order valence-electron chi connectivity index (χ3n) is 3.68. The molecular formula is C14H16F2N2O3. The molecule has 0 radical (unpaired) electrons. The number of amides is 1. The molecule has 2 rings (SSSR count). The van der Waals surface area contributed by atoms with Crippen LogP contribution in [0.5, 0.6) is 0 Å². The molecule has 1 heterocycles. The minimum absolute atomic E-state index is 0.000461. The lowest BCUT2D eigenvalue weighted by Crippen LogP contribution is -2.53. The molecule has 114 valence electrons. The van der Waals surface area contributed by atoms with Crippen molar-refractivity contribution in [1.29, 1.82) is 0 Å². The Labute approximate surface area is 120 Å². The van der Waals surface area contributed by atoms with Gasteiger partial charge in [0.2, 0.25) is 5.91 Å². The van der Waals surface area contributed by atoms with Gasteiger partial charge in [0.25, 0.3) is 0 Å². The molecule has 1 aliphatic heterocycles. The molecule has 5 nitrogen and oxygen atoms in total. The molecule has 1 aromatic carbocycles. The molecule has 1 atom stereocenters. The molecule has 1 saturated heterocycles. The first-order valence-corrected chi connectivity index (χ1v) is 6.57. The summed E-state index contributed by atoms with van der Waals surface area (Å²) in [5.74, 6) is -3.51. The fourth-order valence-electron chi connectivity index (χ4n) is 2.26. The molecule has 1 aromatic rings. The Morgan fingerprint density at radius 1 is 1.38 bits per heavy atom. The number of halogens is 2. The van der Waals surface area contributed by atoms with Crippen molar-refractivity contribution in [3.63, 3.8) is 0 Å². The maximum absolute atomic E-state index is 13.4. The summed E-state index contributed by atoms with van der Waals surface area (Å²) in [7, 11) is 0. The summed E-state index contributed by atoms with van der Waals surface area (Å²) in [6, 6.07) is 3.34. The number of aliphatic carboxylic acids is 1. The van der Waals surface area contributed by atoms with Gasteiger partial charge in [-0.15, -0.1) is 0 Å². The van der Waals surface area contributed by atoms with Gasteiger partial charge in [-0.25, -0.2) is 8.78 Å². The minimum atomic E-state index is -0.863. The van der Waals surface area contributed by atoms with Gasteiger partial charge in [0.1, 0.15) is 17.3 Å². The van der Waals surface area contributed by atoms with Crippen LogP contribution < -0.4 is 5.32 Å². The van der Waals surface area contributed by atoms with Gasteiger partial charge in [-0.2, -0.15) is 0 Å². The number of nitrogens with zero attached hydrogens (tertiary/aromatic N) is 1. The van der Waals surface area contributed by atoms with Crippen LogP contribution in [-0.4, -0.2) is 41.5 Å². The highest BCUT2D eigenvalue weighted by Crippen LogP contribution is 2.24. The quantitative estimate of drug-likeness (QED) is 0.865. The van der Waals surface area contributed by atoms with Gasteiger partial charge in [0.05, 0.1) is 12.5 Å². The van der Waals surface area contributed by atoms with Crippen LogP contribution in [0.25, 0.3) is 0 Å². The average molecular weight is 298 g/mol. The van der Waals surface area contributed by atoms with Crippen LogP contribution in [0, 0.1) is 23.5 Å². The van der Waals surface area contributed by atoms with Gasteiger partial charge in [0.15, 0.2) is 0 Å². The van der Waals surface area contributed by atoms with Crippen LogP contribution in [0.3, 0.4) is 0 Å². The average Bonchev–Trinajstić information content (AvgIpc) is 2.37. The fraction of sp³-hybridized carbons (Fsp3) is 0.429. The Hall–Kier alpha value is -2.02. The second-order valence-corrected chi connectivity index (χ2v) is 5.23. The third kappa shape index (κ3) is 3.55. The largest absolute Gasteiger partial charge is 0.481 e. The summed E-state index contributed by atoms with van der Waals surface area (Å²) < 4.78 is 26.7. The monoisotopic (exact) mass is 298 g/mol. The lowest BCUT2D eigenvalue weighted by molar-refractivity contribution is -0.145. The lowest BCUT2D eigenvalue weighted by atomic mass is 9.87. The van der Waals surface area contributed by atoms with Crippen molar-refractivity contribution in [2.75, 3.05) is 25.0 Å². The van der Waals surface area contributed by atoms with Crippen LogP contribution in [0.4, 0.5) is 14.5 Å². The van der Waals surface area contributed by atoms with Crippen LogP contribution in [0.1, 0.15) is 6.92 Å². The Morgan fingerprint density at radius 2 is 1.95 bits per heavy atom. The fourth-order valence-corrected chi connectivity index (χ4v) is 2.26. The van der Waals surface area contributed by atoms with Crippen LogP contribution >= 0.6 is 0 Å². The number of carboxylic acids is 1. The van der Waals surface area contributed by atoms with E-state index in [0.29, 0.717) is 13.1 Å². The van der Waals surface area contributed by atoms with Crippen molar-refractivity contribution in [3.8, 4) is 0 Å². The van der Waals surface area contributed by atoms with E-state index in [1.807, 2.05) is 0 Å². The number of hydrogen-bond acceptors (Lipinski definition) is 3. The van der Waals surface area contributed by atoms with E-state index in [2.05, 4.69) is 5.32 Å². The molecule has 1 unspecified atom stereocenters. The molecular weight excluding hydrogens is 282 g/mol. The Kier molecular flexibility index (Phi) is 4.52. The number of benzene rings is 1. The third-order valence-corrected chi connectivity index (χ3v) is 3.68. The normalized spacial score (nSPS) is 17.1. The van der Waals surface area contributed by atoms with Crippen molar-refractivity contribution in [1.82, 2.24) is 4.90 Å². The summed E-state index contributed by atoms with van der Waals surface area (Å²) in [4.78, 5) is 24.3. The van der Waals surface area contributed by atoms with Gasteiger partial charge in [-0.3, -0.25) is 14.5 Å². The van der Waals surface area contributed by atoms with Crippen LogP contribution in [0.2, 0.25) is 0 Å². The van der Waals surface area contributed by atoms with E-state index < -0.39 is 35.1 Å². The number of likely N-dealkylation sites (tertiary alicyclic amines) is 1. The van der Waals surface area contributed by atoms with Crippen molar-refractivity contribution in [3.05, 3.63) is 29.8 Å². The number of para-hydroxylation sites is 1. The molecule has 0 bridgehead atoms. The van der Waals surface area contributed by atoms with Gasteiger partial charge < -0.3 is 10.4 Å². The molecule has 0 aliphatic carbocycles. The number of nitrogens with one attached hydrogen (secondary N) is 1. The first-order chi connectivity index (χ1) is 9.88. The van der Waals surface area contributed by atoms with E-state index in [1.165, 1.54) is 6.07 Å². The van der Waals surface area contributed by atoms with Gasteiger partial charge in [-0.05, 0) is 18.1 Å². The maximum atomic E-state index is 13.4. The first-order valence-electron chi connectivity index (χ1n) is 6.57. The topological polar surface area (TPSA) is 69.6 Å². The molecule has 2 N–H and O–H groups in total. The lowest BCUT2D eigenvalue weighted by Gasteiger charge is -2.40. The SMILES string of the molecule is CC(C(=O)O)C1CN(CC(=O)Nc2c(F)cccc2F)C1. The molecule has 21 heavy (non-hydrogen) atoms. The molecule has 0 saturated carbocycles. The van der Waals surface area contributed by atoms with E-state index in [1.54, 1.807) is 11.8 Å². The summed E-state index contributed by atoms with van der Waals surface area (Å²) in [5, 5.41) is 11.1. The molecule has 1 fully saturated rings. The van der Waals surface area contributed by atoms with Crippen LogP contribution in [0.15, 0.2) is 18.2 Å². The van der Waals surface area contributed by atoms with Crippen molar-refractivity contribution < 1.29 is 23.5 Å². The first kappa shape index (κ1) is 15.4. The summed E-state index contributed by atoms with van der Waals surface area (Å²) in [6.07, 6.45) is 0. The Bertz CT molecular complexity index is 539. The van der Waals surface area contributed by atoms with Gasteiger partial charge >= 0.3 is 5.97 Å². The smallest absolute Gasteiger partial charge is 0.306 e. The molecule has 0 aromatic heterocycles. The number of anilines is 1. The standard InChI is InChI=1S/C14H16F2N2O3/c1-8(14(20)21)9-5-18(6-9)7-12(19)17-13-10(15)3-2-4-11(13)16/h2-4,8-9H,5-7H2,1H3,(H,17,19)(H,20,21). The zero-order chi connectivity index (χ0) is 15.6. The predicted octanol–water partition coefficient (Wildman–Crippen LogP) is 1.56. The predicted molar refractivity (Wildman–Crippen MR) is 71.7 cm³/mol. The second kappa shape index (κ2) is 6.17. The molecule has 1 amide bonds. The zero-order valence-corrected chi connectivity index (χ0v) is 11.5. The second-order valence-electron chi connectivity index (χ2n) is 5.23. The van der Waals surface area contributed by atoms with Crippen molar-refractivity contribution in [2.45, 2.75) is 6.92 Å². The number of carbonyl (C=O) groups is 2. The summed E-state index contributed by atoms with van der Waals surface area (Å²) in [6.45, 7) is 2.58. The van der Waals surface area contributed by atoms with E-state index >= 15 is 0 Å². The van der Waals surface area contributed by atoms with E-state index in [4.69, 9.17) is 5.11 Å². The molecule has 0 spiro atoms. The zero-order valence-electron chi connectivity index (χ0n) is 11.5. The van der Waals surface area contributed by atoms with Crippen molar-refractivity contribution >= 4 is 17.6 Å². The molecule has 1 aliphatic rings. The number of carbonyl (C=O) groups excluding carboxylic acids is 1. The number of carboxylic acid groups (broad SMARTS) is 1. The Morgan fingerprint density at radius 3 is 2.48 bits per heavy atom. The van der Waals surface area contributed by atoms with E-state index in [9.17, 15) is 18.4 Å².